The summed E-state index contributed by atoms with van der Waals surface area (Å²) in [5.74, 6) is -0.376. The maximum absolute atomic E-state index is 11.8. The minimum absolute atomic E-state index is 0.0471. The second-order valence-corrected chi connectivity index (χ2v) is 7.58. The number of imidazole rings is 1. The van der Waals surface area contributed by atoms with Crippen molar-refractivity contribution in [1.29, 1.82) is 0 Å². The molecule has 0 spiro atoms. The van der Waals surface area contributed by atoms with Crippen molar-refractivity contribution in [3.05, 3.63) is 24.0 Å². The van der Waals surface area contributed by atoms with E-state index in [4.69, 9.17) is 5.11 Å². The summed E-state index contributed by atoms with van der Waals surface area (Å²) in [5, 5.41) is 9.06. The fourth-order valence-corrected chi connectivity index (χ4v) is 3.80. The van der Waals surface area contributed by atoms with E-state index in [9.17, 15) is 13.2 Å². The van der Waals surface area contributed by atoms with E-state index in [1.54, 1.807) is 12.1 Å². The molecule has 3 rings (SSSR count). The molecule has 1 fully saturated rings. The topological polar surface area (TPSA) is 100 Å². The van der Waals surface area contributed by atoms with E-state index in [2.05, 4.69) is 9.97 Å². The van der Waals surface area contributed by atoms with E-state index in [-0.39, 0.29) is 16.7 Å². The Morgan fingerprint density at radius 1 is 1.38 bits per heavy atom. The molecule has 2 aromatic rings. The number of rotatable bonds is 3. The fraction of sp³-hybridized carbons (Fsp3) is 0.429. The standard InChI is InChI=1S/C14H16N2O4S/c1-21(19,20)11-4-2-3-10-12(11)16-13(15-10)8-5-6-9(7-8)14(17)18/h2-4,8-9H,5-7H2,1H3,(H,15,16)(H,17,18). The van der Waals surface area contributed by atoms with Crippen molar-refractivity contribution in [2.45, 2.75) is 30.1 Å². The molecule has 21 heavy (non-hydrogen) atoms. The molecular formula is C14H16N2O4S. The number of carbonyl (C=O) groups is 1. The predicted molar refractivity (Wildman–Crippen MR) is 76.9 cm³/mol. The van der Waals surface area contributed by atoms with Crippen LogP contribution in [-0.4, -0.2) is 35.7 Å². The van der Waals surface area contributed by atoms with Gasteiger partial charge in [0.25, 0.3) is 0 Å². The van der Waals surface area contributed by atoms with Crippen molar-refractivity contribution in [2.24, 2.45) is 5.92 Å². The number of hydrogen-bond donors (Lipinski definition) is 2. The monoisotopic (exact) mass is 308 g/mol. The zero-order valence-corrected chi connectivity index (χ0v) is 12.4. The molecule has 0 saturated heterocycles. The number of aromatic amines is 1. The largest absolute Gasteiger partial charge is 0.481 e. The molecule has 0 bridgehead atoms. The third-order valence-electron chi connectivity index (χ3n) is 4.06. The number of benzene rings is 1. The number of hydrogen-bond acceptors (Lipinski definition) is 4. The first-order valence-corrected chi connectivity index (χ1v) is 8.67. The molecule has 1 heterocycles. The SMILES string of the molecule is CS(=O)(=O)c1cccc2[nH]c(C3CCC(C(=O)O)C3)nc12. The van der Waals surface area contributed by atoms with Crippen LogP contribution in [0.1, 0.15) is 31.0 Å². The van der Waals surface area contributed by atoms with Crippen molar-refractivity contribution >= 4 is 26.8 Å². The number of sulfone groups is 1. The molecule has 1 aromatic heterocycles. The molecule has 1 aromatic carbocycles. The third kappa shape index (κ3) is 2.53. The van der Waals surface area contributed by atoms with Crippen LogP contribution in [0.3, 0.4) is 0 Å². The molecule has 6 nitrogen and oxygen atoms in total. The van der Waals surface area contributed by atoms with Gasteiger partial charge in [-0.25, -0.2) is 13.4 Å². The van der Waals surface area contributed by atoms with E-state index >= 15 is 0 Å². The number of nitrogens with zero attached hydrogens (tertiary/aromatic N) is 1. The first kappa shape index (κ1) is 14.1. The number of para-hydroxylation sites is 1. The first-order chi connectivity index (χ1) is 9.86. The highest BCUT2D eigenvalue weighted by molar-refractivity contribution is 7.91. The Morgan fingerprint density at radius 3 is 2.76 bits per heavy atom. The van der Waals surface area contributed by atoms with Crippen LogP contribution in [0.4, 0.5) is 0 Å². The summed E-state index contributed by atoms with van der Waals surface area (Å²) in [5.41, 5.74) is 1.11. The number of aliphatic carboxylic acids is 1. The summed E-state index contributed by atoms with van der Waals surface area (Å²) in [6, 6.07) is 5.00. The van der Waals surface area contributed by atoms with Crippen molar-refractivity contribution < 1.29 is 18.3 Å². The van der Waals surface area contributed by atoms with Crippen molar-refractivity contribution in [1.82, 2.24) is 9.97 Å². The van der Waals surface area contributed by atoms with Gasteiger partial charge in [0, 0.05) is 12.2 Å². The Labute approximate surface area is 122 Å². The molecule has 0 amide bonds. The fourth-order valence-electron chi connectivity index (χ4n) is 2.97. The summed E-state index contributed by atoms with van der Waals surface area (Å²) in [7, 11) is -3.34. The van der Waals surface area contributed by atoms with Gasteiger partial charge in [-0.3, -0.25) is 4.79 Å². The van der Waals surface area contributed by atoms with Crippen LogP contribution >= 0.6 is 0 Å². The van der Waals surface area contributed by atoms with E-state index < -0.39 is 15.8 Å². The van der Waals surface area contributed by atoms with Crippen molar-refractivity contribution in [3.63, 3.8) is 0 Å². The average Bonchev–Trinajstić information content (AvgIpc) is 3.03. The van der Waals surface area contributed by atoms with Crippen LogP contribution in [0.25, 0.3) is 11.0 Å². The Morgan fingerprint density at radius 2 is 2.14 bits per heavy atom. The van der Waals surface area contributed by atoms with Crippen LogP contribution in [0.5, 0.6) is 0 Å². The zero-order valence-electron chi connectivity index (χ0n) is 11.5. The summed E-state index contributed by atoms with van der Waals surface area (Å²) >= 11 is 0. The highest BCUT2D eigenvalue weighted by atomic mass is 32.2. The normalized spacial score (nSPS) is 22.7. The molecule has 7 heteroatoms. The lowest BCUT2D eigenvalue weighted by Crippen LogP contribution is -2.09. The van der Waals surface area contributed by atoms with Gasteiger partial charge in [-0.05, 0) is 31.4 Å². The van der Waals surface area contributed by atoms with E-state index in [1.807, 2.05) is 0 Å². The number of H-pyrrole nitrogens is 1. The quantitative estimate of drug-likeness (QED) is 0.902. The molecule has 2 atom stereocenters. The van der Waals surface area contributed by atoms with Gasteiger partial charge in [-0.15, -0.1) is 0 Å². The Kier molecular flexibility index (Phi) is 3.24. The molecule has 2 unspecified atom stereocenters. The number of aromatic nitrogens is 2. The van der Waals surface area contributed by atoms with Crippen LogP contribution < -0.4 is 0 Å². The van der Waals surface area contributed by atoms with Crippen molar-refractivity contribution in [2.75, 3.05) is 6.26 Å². The number of carboxylic acids is 1. The Bertz CT molecular complexity index is 809. The number of fused-ring (bicyclic) bond motifs is 1. The lowest BCUT2D eigenvalue weighted by Gasteiger charge is -2.05. The van der Waals surface area contributed by atoms with Gasteiger partial charge in [0.1, 0.15) is 11.3 Å². The van der Waals surface area contributed by atoms with Crippen LogP contribution in [0.2, 0.25) is 0 Å². The summed E-state index contributed by atoms with van der Waals surface area (Å²) in [6.07, 6.45) is 3.09. The maximum atomic E-state index is 11.8. The number of nitrogens with one attached hydrogen (secondary N) is 1. The lowest BCUT2D eigenvalue weighted by atomic mass is 10.0. The predicted octanol–water partition coefficient (Wildman–Crippen LogP) is 1.93. The minimum Gasteiger partial charge on any atom is -0.481 e. The Hall–Kier alpha value is -1.89. The molecular weight excluding hydrogens is 292 g/mol. The smallest absolute Gasteiger partial charge is 0.306 e. The van der Waals surface area contributed by atoms with Gasteiger partial charge in [0.15, 0.2) is 9.84 Å². The van der Waals surface area contributed by atoms with Crippen LogP contribution in [0, 0.1) is 5.92 Å². The molecule has 112 valence electrons. The first-order valence-electron chi connectivity index (χ1n) is 6.78. The lowest BCUT2D eigenvalue weighted by molar-refractivity contribution is -0.141. The summed E-state index contributed by atoms with van der Waals surface area (Å²) in [4.78, 5) is 18.8. The maximum Gasteiger partial charge on any atom is 0.306 e. The minimum atomic E-state index is -3.34. The van der Waals surface area contributed by atoms with E-state index in [1.165, 1.54) is 6.07 Å². The van der Waals surface area contributed by atoms with Gasteiger partial charge in [0.2, 0.25) is 0 Å². The second-order valence-electron chi connectivity index (χ2n) is 5.59. The zero-order chi connectivity index (χ0) is 15.2. The van der Waals surface area contributed by atoms with Crippen LogP contribution in [0.15, 0.2) is 23.1 Å². The molecule has 1 aliphatic rings. The molecule has 1 saturated carbocycles. The Balaban J connectivity index is 2.01. The average molecular weight is 308 g/mol. The van der Waals surface area contributed by atoms with Gasteiger partial charge in [0.05, 0.1) is 16.3 Å². The number of carboxylic acid groups (broad SMARTS) is 1. The highest BCUT2D eigenvalue weighted by Gasteiger charge is 2.32. The summed E-state index contributed by atoms with van der Waals surface area (Å²) < 4.78 is 23.6. The van der Waals surface area contributed by atoms with Gasteiger partial charge in [-0.2, -0.15) is 0 Å². The van der Waals surface area contributed by atoms with Crippen molar-refractivity contribution in [3.8, 4) is 0 Å². The van der Waals surface area contributed by atoms with Gasteiger partial charge < -0.3 is 10.1 Å². The third-order valence-corrected chi connectivity index (χ3v) is 5.19. The molecule has 0 radical (unpaired) electrons. The second kappa shape index (κ2) is 4.84. The van der Waals surface area contributed by atoms with Gasteiger partial charge in [-0.1, -0.05) is 6.07 Å². The summed E-state index contributed by atoms with van der Waals surface area (Å²) in [6.45, 7) is 0. The molecule has 0 aliphatic heterocycles. The molecule has 2 N–H and O–H groups in total. The van der Waals surface area contributed by atoms with Gasteiger partial charge >= 0.3 is 5.97 Å². The highest BCUT2D eigenvalue weighted by Crippen LogP contribution is 2.38. The van der Waals surface area contributed by atoms with E-state index in [0.29, 0.717) is 29.7 Å². The van der Waals surface area contributed by atoms with E-state index in [0.717, 1.165) is 12.7 Å². The van der Waals surface area contributed by atoms with Crippen LogP contribution in [-0.2, 0) is 14.6 Å². The molecule has 1 aliphatic carbocycles.